The molecule has 1 unspecified atom stereocenters. The molecule has 0 aromatic heterocycles. The second kappa shape index (κ2) is 4.11. The number of rotatable bonds is 4. The summed E-state index contributed by atoms with van der Waals surface area (Å²) < 4.78 is 0. The maximum Gasteiger partial charge on any atom is 0.0681 e. The molecule has 1 atom stereocenters. The largest absolute Gasteiger partial charge is 0.392 e. The second-order valence-corrected chi connectivity index (χ2v) is 4.19. The summed E-state index contributed by atoms with van der Waals surface area (Å²) in [5.41, 5.74) is 8.19. The molecular formula is C12H17NO. The highest BCUT2D eigenvalue weighted by molar-refractivity contribution is 5.25. The SMILES string of the molecule is NC(CC1CC1)c1cccc(CO)c1. The summed E-state index contributed by atoms with van der Waals surface area (Å²) in [7, 11) is 0. The Balaban J connectivity index is 2.05. The van der Waals surface area contributed by atoms with Crippen molar-refractivity contribution in [3.63, 3.8) is 0 Å². The third-order valence-electron chi connectivity index (χ3n) is 2.85. The van der Waals surface area contributed by atoms with Crippen molar-refractivity contribution in [3.05, 3.63) is 35.4 Å². The molecule has 1 aromatic carbocycles. The van der Waals surface area contributed by atoms with Crippen LogP contribution in [0.1, 0.15) is 36.4 Å². The van der Waals surface area contributed by atoms with Crippen molar-refractivity contribution in [1.29, 1.82) is 0 Å². The Morgan fingerprint density at radius 3 is 2.86 bits per heavy atom. The van der Waals surface area contributed by atoms with Gasteiger partial charge in [0.25, 0.3) is 0 Å². The normalized spacial score (nSPS) is 18.1. The molecule has 1 aromatic rings. The molecule has 1 aliphatic carbocycles. The lowest BCUT2D eigenvalue weighted by Gasteiger charge is -2.12. The van der Waals surface area contributed by atoms with Gasteiger partial charge >= 0.3 is 0 Å². The predicted molar refractivity (Wildman–Crippen MR) is 56.6 cm³/mol. The fourth-order valence-corrected chi connectivity index (χ4v) is 1.77. The predicted octanol–water partition coefficient (Wildman–Crippen LogP) is 1.98. The average Bonchev–Trinajstić information content (AvgIpc) is 3.02. The van der Waals surface area contributed by atoms with Crippen molar-refractivity contribution >= 4 is 0 Å². The molecule has 0 spiro atoms. The second-order valence-electron chi connectivity index (χ2n) is 4.19. The highest BCUT2D eigenvalue weighted by Gasteiger charge is 2.24. The molecule has 1 aliphatic rings. The van der Waals surface area contributed by atoms with Gasteiger partial charge in [0.15, 0.2) is 0 Å². The summed E-state index contributed by atoms with van der Waals surface area (Å²) in [5.74, 6) is 0.850. The van der Waals surface area contributed by atoms with Crippen LogP contribution in [0.15, 0.2) is 24.3 Å². The van der Waals surface area contributed by atoms with Gasteiger partial charge in [-0.1, -0.05) is 37.1 Å². The van der Waals surface area contributed by atoms with Crippen molar-refractivity contribution in [2.24, 2.45) is 11.7 Å². The van der Waals surface area contributed by atoms with E-state index in [1.54, 1.807) is 0 Å². The van der Waals surface area contributed by atoms with Crippen LogP contribution in [0.4, 0.5) is 0 Å². The number of aliphatic hydroxyl groups is 1. The van der Waals surface area contributed by atoms with E-state index in [2.05, 4.69) is 0 Å². The highest BCUT2D eigenvalue weighted by atomic mass is 16.3. The lowest BCUT2D eigenvalue weighted by Crippen LogP contribution is -2.11. The molecule has 0 amide bonds. The molecule has 2 heteroatoms. The minimum atomic E-state index is 0.101. The summed E-state index contributed by atoms with van der Waals surface area (Å²) in [5, 5.41) is 9.00. The first-order chi connectivity index (χ1) is 6.79. The fourth-order valence-electron chi connectivity index (χ4n) is 1.77. The van der Waals surface area contributed by atoms with Gasteiger partial charge in [-0.3, -0.25) is 0 Å². The van der Waals surface area contributed by atoms with Crippen LogP contribution in [0.2, 0.25) is 0 Å². The fraction of sp³-hybridized carbons (Fsp3) is 0.500. The Bertz CT molecular complexity index is 307. The molecule has 0 radical (unpaired) electrons. The van der Waals surface area contributed by atoms with Gasteiger partial charge in [-0.2, -0.15) is 0 Å². The van der Waals surface area contributed by atoms with Crippen molar-refractivity contribution in [1.82, 2.24) is 0 Å². The van der Waals surface area contributed by atoms with Crippen LogP contribution in [-0.2, 0) is 6.61 Å². The molecule has 1 fully saturated rings. The molecule has 14 heavy (non-hydrogen) atoms. The molecule has 0 saturated heterocycles. The van der Waals surface area contributed by atoms with E-state index in [4.69, 9.17) is 10.8 Å². The zero-order valence-corrected chi connectivity index (χ0v) is 8.32. The maximum atomic E-state index is 9.00. The van der Waals surface area contributed by atoms with Gasteiger partial charge in [0.05, 0.1) is 6.61 Å². The monoisotopic (exact) mass is 191 g/mol. The topological polar surface area (TPSA) is 46.2 Å². The van der Waals surface area contributed by atoms with Gasteiger partial charge in [-0.15, -0.1) is 0 Å². The summed E-state index contributed by atoms with van der Waals surface area (Å²) in [6.07, 6.45) is 3.77. The summed E-state index contributed by atoms with van der Waals surface area (Å²) in [6.45, 7) is 0.101. The zero-order chi connectivity index (χ0) is 9.97. The summed E-state index contributed by atoms with van der Waals surface area (Å²) >= 11 is 0. The number of nitrogens with two attached hydrogens (primary N) is 1. The van der Waals surface area contributed by atoms with E-state index in [-0.39, 0.29) is 12.6 Å². The Morgan fingerprint density at radius 2 is 2.21 bits per heavy atom. The Labute approximate surface area is 84.7 Å². The smallest absolute Gasteiger partial charge is 0.0681 e. The van der Waals surface area contributed by atoms with Crippen LogP contribution in [0.3, 0.4) is 0 Å². The molecule has 0 aliphatic heterocycles. The third kappa shape index (κ3) is 2.34. The van der Waals surface area contributed by atoms with E-state index >= 15 is 0 Å². The van der Waals surface area contributed by atoms with Crippen molar-refractivity contribution in [2.75, 3.05) is 0 Å². The van der Waals surface area contributed by atoms with Gasteiger partial charge < -0.3 is 10.8 Å². The van der Waals surface area contributed by atoms with Crippen LogP contribution < -0.4 is 5.73 Å². The summed E-state index contributed by atoms with van der Waals surface area (Å²) in [4.78, 5) is 0. The first-order valence-electron chi connectivity index (χ1n) is 5.25. The van der Waals surface area contributed by atoms with Crippen LogP contribution in [0.5, 0.6) is 0 Å². The molecule has 0 bridgehead atoms. The van der Waals surface area contributed by atoms with Crippen molar-refractivity contribution < 1.29 is 5.11 Å². The Hall–Kier alpha value is -0.860. The number of aliphatic hydroxyl groups excluding tert-OH is 1. The van der Waals surface area contributed by atoms with E-state index < -0.39 is 0 Å². The standard InChI is InChI=1S/C12H17NO/c13-12(7-9-4-5-9)11-3-1-2-10(6-11)8-14/h1-3,6,9,12,14H,4-5,7-8,13H2. The van der Waals surface area contributed by atoms with Crippen LogP contribution in [0.25, 0.3) is 0 Å². The van der Waals surface area contributed by atoms with Gasteiger partial charge in [-0.25, -0.2) is 0 Å². The van der Waals surface area contributed by atoms with Crippen molar-refractivity contribution in [3.8, 4) is 0 Å². The minimum Gasteiger partial charge on any atom is -0.392 e. The molecule has 2 rings (SSSR count). The number of hydrogen-bond acceptors (Lipinski definition) is 2. The molecule has 2 nitrogen and oxygen atoms in total. The molecule has 1 saturated carbocycles. The third-order valence-corrected chi connectivity index (χ3v) is 2.85. The first kappa shape index (κ1) is 9.69. The average molecular weight is 191 g/mol. The quantitative estimate of drug-likeness (QED) is 0.764. The van der Waals surface area contributed by atoms with E-state index in [1.165, 1.54) is 12.8 Å². The Morgan fingerprint density at radius 1 is 1.43 bits per heavy atom. The van der Waals surface area contributed by atoms with E-state index in [1.807, 2.05) is 24.3 Å². The van der Waals surface area contributed by atoms with E-state index in [0.717, 1.165) is 23.5 Å². The lowest BCUT2D eigenvalue weighted by molar-refractivity contribution is 0.281. The van der Waals surface area contributed by atoms with Crippen LogP contribution in [-0.4, -0.2) is 5.11 Å². The van der Waals surface area contributed by atoms with Gasteiger partial charge in [0.2, 0.25) is 0 Å². The number of benzene rings is 1. The molecule has 3 N–H and O–H groups in total. The molecular weight excluding hydrogens is 174 g/mol. The van der Waals surface area contributed by atoms with E-state index in [9.17, 15) is 0 Å². The minimum absolute atomic E-state index is 0.101. The van der Waals surface area contributed by atoms with Gasteiger partial charge in [0, 0.05) is 6.04 Å². The highest BCUT2D eigenvalue weighted by Crippen LogP contribution is 2.36. The summed E-state index contributed by atoms with van der Waals surface area (Å²) in [6, 6.07) is 8.09. The van der Waals surface area contributed by atoms with Gasteiger partial charge in [-0.05, 0) is 23.5 Å². The van der Waals surface area contributed by atoms with Crippen molar-refractivity contribution in [2.45, 2.75) is 31.9 Å². The maximum absolute atomic E-state index is 9.00. The number of hydrogen-bond donors (Lipinski definition) is 2. The molecule has 0 heterocycles. The zero-order valence-electron chi connectivity index (χ0n) is 8.32. The lowest BCUT2D eigenvalue weighted by atomic mass is 10.0. The van der Waals surface area contributed by atoms with E-state index in [0.29, 0.717) is 0 Å². The van der Waals surface area contributed by atoms with Crippen LogP contribution >= 0.6 is 0 Å². The Kier molecular flexibility index (Phi) is 2.85. The first-order valence-corrected chi connectivity index (χ1v) is 5.25. The van der Waals surface area contributed by atoms with Crippen LogP contribution in [0, 0.1) is 5.92 Å². The molecule has 76 valence electrons. The van der Waals surface area contributed by atoms with Gasteiger partial charge in [0.1, 0.15) is 0 Å².